The zero-order chi connectivity index (χ0) is 18.8. The maximum Gasteiger partial charge on any atom is 0.243 e. The molecule has 1 N–H and O–H groups in total. The fourth-order valence-electron chi connectivity index (χ4n) is 1.94. The van der Waals surface area contributed by atoms with Crippen LogP contribution in [-0.2, 0) is 4.79 Å². The van der Waals surface area contributed by atoms with E-state index in [1.807, 2.05) is 50.1 Å². The number of aryl methyl sites for hydroxylation is 1. The number of para-hydroxylation sites is 1. The third-order valence-electron chi connectivity index (χ3n) is 3.55. The van der Waals surface area contributed by atoms with Crippen molar-refractivity contribution in [3.05, 3.63) is 42.0 Å². The van der Waals surface area contributed by atoms with E-state index in [0.29, 0.717) is 25.7 Å². The molecule has 0 radical (unpaired) electrons. The molecule has 0 aromatic heterocycles. The van der Waals surface area contributed by atoms with Crippen LogP contribution >= 0.6 is 24.0 Å². The number of likely N-dealkylation sites (N-methyl/N-ethyl adjacent to an activating group) is 2. The lowest BCUT2D eigenvalue weighted by atomic mass is 10.2. The van der Waals surface area contributed by atoms with Crippen LogP contribution in [-0.4, -0.2) is 69.1 Å². The monoisotopic (exact) mass is 474 g/mol. The van der Waals surface area contributed by atoms with Gasteiger partial charge in [-0.25, -0.2) is 4.99 Å². The number of carbonyl (C=O) groups excluding carboxylic acids is 1. The van der Waals surface area contributed by atoms with Crippen LogP contribution in [0.1, 0.15) is 12.5 Å². The van der Waals surface area contributed by atoms with Crippen LogP contribution in [0.2, 0.25) is 0 Å². The smallest absolute Gasteiger partial charge is 0.243 e. The van der Waals surface area contributed by atoms with E-state index in [4.69, 9.17) is 4.74 Å². The van der Waals surface area contributed by atoms with Crippen molar-refractivity contribution in [2.45, 2.75) is 13.8 Å². The second-order valence-electron chi connectivity index (χ2n) is 6.27. The molecule has 1 aromatic rings. The van der Waals surface area contributed by atoms with E-state index in [9.17, 15) is 4.79 Å². The Bertz CT molecular complexity index is 617. The Hall–Kier alpha value is -1.77. The molecule has 0 aliphatic heterocycles. The van der Waals surface area contributed by atoms with E-state index >= 15 is 0 Å². The molecule has 0 atom stereocenters. The largest absolute Gasteiger partial charge is 0.491 e. The highest BCUT2D eigenvalue weighted by Crippen LogP contribution is 2.15. The van der Waals surface area contributed by atoms with Gasteiger partial charge in [0.1, 0.15) is 18.9 Å². The molecule has 146 valence electrons. The van der Waals surface area contributed by atoms with Gasteiger partial charge in [-0.05, 0) is 25.5 Å². The Morgan fingerprint density at radius 1 is 1.27 bits per heavy atom. The first-order chi connectivity index (χ1) is 11.8. The summed E-state index contributed by atoms with van der Waals surface area (Å²) >= 11 is 0. The van der Waals surface area contributed by atoms with E-state index in [2.05, 4.69) is 16.9 Å². The van der Waals surface area contributed by atoms with Gasteiger partial charge in [0.25, 0.3) is 0 Å². The molecule has 0 bridgehead atoms. The number of guanidine groups is 1. The Labute approximate surface area is 174 Å². The highest BCUT2D eigenvalue weighted by molar-refractivity contribution is 14.0. The van der Waals surface area contributed by atoms with Gasteiger partial charge in [0.2, 0.25) is 5.91 Å². The molecule has 0 spiro atoms. The molecule has 0 aliphatic rings. The lowest BCUT2D eigenvalue weighted by Gasteiger charge is -2.23. The van der Waals surface area contributed by atoms with Crippen LogP contribution in [0, 0.1) is 6.92 Å². The van der Waals surface area contributed by atoms with Crippen LogP contribution in [0.25, 0.3) is 0 Å². The Morgan fingerprint density at radius 2 is 1.92 bits per heavy atom. The van der Waals surface area contributed by atoms with E-state index in [1.165, 1.54) is 4.90 Å². The van der Waals surface area contributed by atoms with Gasteiger partial charge < -0.3 is 19.9 Å². The molecule has 0 saturated heterocycles. The number of aliphatic imine (C=N–C) groups is 1. The fraction of sp³-hybridized carbons (Fsp3) is 0.474. The van der Waals surface area contributed by atoms with Gasteiger partial charge in [-0.1, -0.05) is 30.4 Å². The molecule has 26 heavy (non-hydrogen) atoms. The Kier molecular flexibility index (Phi) is 11.7. The number of halogens is 1. The summed E-state index contributed by atoms with van der Waals surface area (Å²) < 4.78 is 5.83. The zero-order valence-corrected chi connectivity index (χ0v) is 18.7. The Balaban J connectivity index is 0.00000625. The SMILES string of the molecule is C=C(C)CNC(=NCC(=O)N(C)C)N(C)CCOc1ccccc1C.I. The summed E-state index contributed by atoms with van der Waals surface area (Å²) in [5, 5.41) is 3.22. The van der Waals surface area contributed by atoms with Gasteiger partial charge in [-0.2, -0.15) is 0 Å². The number of ether oxygens (including phenoxy) is 1. The third kappa shape index (κ3) is 9.07. The van der Waals surface area contributed by atoms with Crippen LogP contribution in [0.3, 0.4) is 0 Å². The van der Waals surface area contributed by atoms with Crippen molar-refractivity contribution in [3.8, 4) is 5.75 Å². The molecule has 1 aromatic carbocycles. The predicted molar refractivity (Wildman–Crippen MR) is 119 cm³/mol. The Morgan fingerprint density at radius 3 is 2.50 bits per heavy atom. The summed E-state index contributed by atoms with van der Waals surface area (Å²) in [4.78, 5) is 19.7. The molecular formula is C19H31IN4O2. The summed E-state index contributed by atoms with van der Waals surface area (Å²) in [6, 6.07) is 7.93. The van der Waals surface area contributed by atoms with E-state index in [-0.39, 0.29) is 36.4 Å². The number of carbonyl (C=O) groups is 1. The first-order valence-electron chi connectivity index (χ1n) is 8.33. The van der Waals surface area contributed by atoms with Crippen LogP contribution in [0.4, 0.5) is 0 Å². The molecule has 0 aliphatic carbocycles. The van der Waals surface area contributed by atoms with Gasteiger partial charge in [0.05, 0.1) is 6.54 Å². The number of nitrogens with one attached hydrogen (secondary N) is 1. The highest BCUT2D eigenvalue weighted by Gasteiger charge is 2.09. The lowest BCUT2D eigenvalue weighted by Crippen LogP contribution is -2.42. The molecule has 0 unspecified atom stereocenters. The topological polar surface area (TPSA) is 57.2 Å². The third-order valence-corrected chi connectivity index (χ3v) is 3.55. The molecule has 0 fully saturated rings. The van der Waals surface area contributed by atoms with Crippen LogP contribution in [0.5, 0.6) is 5.75 Å². The van der Waals surface area contributed by atoms with E-state index in [1.54, 1.807) is 14.1 Å². The number of amides is 1. The fourth-order valence-corrected chi connectivity index (χ4v) is 1.94. The van der Waals surface area contributed by atoms with Crippen LogP contribution in [0.15, 0.2) is 41.4 Å². The number of rotatable bonds is 8. The minimum absolute atomic E-state index is 0. The molecule has 0 heterocycles. The minimum atomic E-state index is -0.0424. The van der Waals surface area contributed by atoms with Gasteiger partial charge in [-0.3, -0.25) is 4.79 Å². The molecule has 1 rings (SSSR count). The summed E-state index contributed by atoms with van der Waals surface area (Å²) in [5.74, 6) is 1.50. The van der Waals surface area contributed by atoms with Crippen molar-refractivity contribution >= 4 is 35.8 Å². The van der Waals surface area contributed by atoms with Gasteiger partial charge in [-0.15, -0.1) is 24.0 Å². The number of hydrogen-bond acceptors (Lipinski definition) is 3. The summed E-state index contributed by atoms with van der Waals surface area (Å²) in [5.41, 5.74) is 2.10. The molecule has 1 amide bonds. The maximum absolute atomic E-state index is 11.8. The van der Waals surface area contributed by atoms with Gasteiger partial charge in [0.15, 0.2) is 5.96 Å². The molecule has 0 saturated carbocycles. The lowest BCUT2D eigenvalue weighted by molar-refractivity contribution is -0.127. The first kappa shape index (κ1) is 24.2. The van der Waals surface area contributed by atoms with Gasteiger partial charge in [0, 0.05) is 27.7 Å². The minimum Gasteiger partial charge on any atom is -0.491 e. The van der Waals surface area contributed by atoms with Crippen molar-refractivity contribution < 1.29 is 9.53 Å². The number of nitrogens with zero attached hydrogens (tertiary/aromatic N) is 3. The van der Waals surface area contributed by atoms with Crippen LogP contribution < -0.4 is 10.1 Å². The van der Waals surface area contributed by atoms with Crippen molar-refractivity contribution in [1.29, 1.82) is 0 Å². The quantitative estimate of drug-likeness (QED) is 0.272. The van der Waals surface area contributed by atoms with Gasteiger partial charge >= 0.3 is 0 Å². The summed E-state index contributed by atoms with van der Waals surface area (Å²) in [7, 11) is 5.36. The predicted octanol–water partition coefficient (Wildman–Crippen LogP) is 2.53. The van der Waals surface area contributed by atoms with Crippen molar-refractivity contribution in [3.63, 3.8) is 0 Å². The molecule has 6 nitrogen and oxygen atoms in total. The average molecular weight is 474 g/mol. The van der Waals surface area contributed by atoms with E-state index in [0.717, 1.165) is 16.9 Å². The molecule has 7 heteroatoms. The first-order valence-corrected chi connectivity index (χ1v) is 8.33. The number of benzene rings is 1. The highest BCUT2D eigenvalue weighted by atomic mass is 127. The average Bonchev–Trinajstić information content (AvgIpc) is 2.55. The summed E-state index contributed by atoms with van der Waals surface area (Å²) in [6.07, 6.45) is 0. The van der Waals surface area contributed by atoms with Crippen molar-refractivity contribution in [1.82, 2.24) is 15.1 Å². The van der Waals surface area contributed by atoms with Crippen molar-refractivity contribution in [2.75, 3.05) is 47.4 Å². The standard InChI is InChI=1S/C19H30N4O2.HI/c1-15(2)13-20-19(21-14-18(24)22(4)5)23(6)11-12-25-17-10-8-7-9-16(17)3;/h7-10H,1,11-14H2,2-6H3,(H,20,21);1H. The van der Waals surface area contributed by atoms with Crippen molar-refractivity contribution in [2.24, 2.45) is 4.99 Å². The second-order valence-corrected chi connectivity index (χ2v) is 6.27. The normalized spacial score (nSPS) is 10.6. The van der Waals surface area contributed by atoms with E-state index < -0.39 is 0 Å². The summed E-state index contributed by atoms with van der Waals surface area (Å²) in [6.45, 7) is 9.73. The number of hydrogen-bond donors (Lipinski definition) is 1. The zero-order valence-electron chi connectivity index (χ0n) is 16.4. The second kappa shape index (κ2) is 12.6. The maximum atomic E-state index is 11.8. The molecular weight excluding hydrogens is 443 g/mol.